The minimum Gasteiger partial charge on any atom is -0.472 e. The third kappa shape index (κ3) is 5.64. The van der Waals surface area contributed by atoms with Gasteiger partial charge in [0.05, 0.1) is 5.56 Å². The largest absolute Gasteiger partial charge is 0.472 e. The van der Waals surface area contributed by atoms with Crippen LogP contribution in [0.2, 0.25) is 0 Å². The Bertz CT molecular complexity index is 1600. The lowest BCUT2D eigenvalue weighted by atomic mass is 9.96. The van der Waals surface area contributed by atoms with Crippen LogP contribution in [0.25, 0.3) is 5.65 Å². The van der Waals surface area contributed by atoms with Gasteiger partial charge in [0.15, 0.2) is 5.78 Å². The Morgan fingerprint density at radius 2 is 1.61 bits per heavy atom. The molecular formula is C34H38N4O3. The van der Waals surface area contributed by atoms with Gasteiger partial charge < -0.3 is 14.5 Å². The van der Waals surface area contributed by atoms with Crippen molar-refractivity contribution in [2.75, 3.05) is 31.1 Å². The first-order chi connectivity index (χ1) is 20.0. The first-order valence-corrected chi connectivity index (χ1v) is 14.8. The lowest BCUT2D eigenvalue weighted by molar-refractivity contribution is 0.103. The number of anilines is 1. The first-order valence-electron chi connectivity index (χ1n) is 14.8. The highest BCUT2D eigenvalue weighted by Crippen LogP contribution is 2.29. The maximum absolute atomic E-state index is 13.6. The van der Waals surface area contributed by atoms with Gasteiger partial charge in [-0.3, -0.25) is 14.0 Å². The fraction of sp³-hybridized carbons (Fsp3) is 0.382. The van der Waals surface area contributed by atoms with Crippen LogP contribution >= 0.6 is 0 Å². The summed E-state index contributed by atoms with van der Waals surface area (Å²) in [6, 6.07) is 21.8. The molecule has 2 saturated heterocycles. The molecule has 0 N–H and O–H groups in total. The fourth-order valence-corrected chi connectivity index (χ4v) is 6.30. The van der Waals surface area contributed by atoms with Gasteiger partial charge in [-0.25, -0.2) is 0 Å². The van der Waals surface area contributed by atoms with E-state index in [1.807, 2.05) is 61.5 Å². The van der Waals surface area contributed by atoms with Crippen molar-refractivity contribution in [1.29, 1.82) is 0 Å². The zero-order valence-electron chi connectivity index (χ0n) is 24.0. The molecule has 2 aromatic carbocycles. The third-order valence-electron chi connectivity index (χ3n) is 8.68. The van der Waals surface area contributed by atoms with Crippen molar-refractivity contribution in [3.63, 3.8) is 0 Å². The summed E-state index contributed by atoms with van der Waals surface area (Å²) in [4.78, 5) is 36.1. The monoisotopic (exact) mass is 550 g/mol. The number of hydrogen-bond donors (Lipinski definition) is 0. The van der Waals surface area contributed by atoms with E-state index in [2.05, 4.69) is 20.9 Å². The maximum atomic E-state index is 13.6. The lowest BCUT2D eigenvalue weighted by Gasteiger charge is -2.41. The van der Waals surface area contributed by atoms with Crippen LogP contribution in [0.3, 0.4) is 0 Å². The van der Waals surface area contributed by atoms with Crippen LogP contribution in [0, 0.1) is 13.8 Å². The van der Waals surface area contributed by atoms with E-state index >= 15 is 0 Å². The fourth-order valence-electron chi connectivity index (χ4n) is 6.30. The molecule has 0 bridgehead atoms. The molecule has 0 atom stereocenters. The Labute approximate surface area is 241 Å². The smallest absolute Gasteiger partial charge is 0.264 e. The number of aromatic nitrogens is 2. The third-order valence-corrected chi connectivity index (χ3v) is 8.68. The molecule has 0 amide bonds. The molecule has 4 aromatic rings. The highest BCUT2D eigenvalue weighted by molar-refractivity contribution is 6.12. The molecule has 0 aliphatic carbocycles. The second kappa shape index (κ2) is 11.9. The normalized spacial score (nSPS) is 16.7. The molecule has 0 radical (unpaired) electrons. The summed E-state index contributed by atoms with van der Waals surface area (Å²) in [5.74, 6) is 0.361. The van der Waals surface area contributed by atoms with Gasteiger partial charge in [0, 0.05) is 41.6 Å². The zero-order valence-corrected chi connectivity index (χ0v) is 24.0. The van der Waals surface area contributed by atoms with E-state index in [1.54, 1.807) is 17.4 Å². The molecule has 2 fully saturated rings. The van der Waals surface area contributed by atoms with Crippen molar-refractivity contribution >= 4 is 17.1 Å². The molecule has 6 rings (SSSR count). The van der Waals surface area contributed by atoms with Crippen LogP contribution in [0.1, 0.15) is 64.8 Å². The van der Waals surface area contributed by atoms with E-state index in [0.29, 0.717) is 28.7 Å². The van der Waals surface area contributed by atoms with Gasteiger partial charge in [0.2, 0.25) is 5.88 Å². The molecule has 4 heterocycles. The number of para-hydroxylation sites is 1. The highest BCUT2D eigenvalue weighted by Gasteiger charge is 2.27. The predicted octanol–water partition coefficient (Wildman–Crippen LogP) is 5.58. The summed E-state index contributed by atoms with van der Waals surface area (Å²) in [5, 5.41) is 0. The van der Waals surface area contributed by atoms with Gasteiger partial charge in [-0.15, -0.1) is 0 Å². The number of ketones is 1. The van der Waals surface area contributed by atoms with E-state index in [0.717, 1.165) is 48.4 Å². The summed E-state index contributed by atoms with van der Waals surface area (Å²) >= 11 is 0. The predicted molar refractivity (Wildman–Crippen MR) is 162 cm³/mol. The van der Waals surface area contributed by atoms with Gasteiger partial charge in [-0.05, 0) is 82.4 Å². The van der Waals surface area contributed by atoms with Gasteiger partial charge in [0.1, 0.15) is 12.3 Å². The van der Waals surface area contributed by atoms with Crippen LogP contribution in [0.5, 0.6) is 5.88 Å². The summed E-state index contributed by atoms with van der Waals surface area (Å²) in [6.07, 6.45) is 6.30. The van der Waals surface area contributed by atoms with E-state index in [9.17, 15) is 9.59 Å². The molecule has 0 saturated carbocycles. The molecule has 0 spiro atoms. The number of hydrogen-bond acceptors (Lipinski definition) is 6. The second-order valence-corrected chi connectivity index (χ2v) is 11.4. The number of fused-ring (bicyclic) bond motifs is 1. The molecular weight excluding hydrogens is 512 g/mol. The van der Waals surface area contributed by atoms with Crippen LogP contribution < -0.4 is 15.2 Å². The van der Waals surface area contributed by atoms with Gasteiger partial charge >= 0.3 is 0 Å². The Balaban J connectivity index is 1.13. The zero-order chi connectivity index (χ0) is 28.3. The van der Waals surface area contributed by atoms with Crippen LogP contribution in [0.4, 0.5) is 5.69 Å². The van der Waals surface area contributed by atoms with Crippen molar-refractivity contribution in [3.8, 4) is 5.88 Å². The van der Waals surface area contributed by atoms with Crippen molar-refractivity contribution in [2.45, 2.75) is 58.6 Å². The van der Waals surface area contributed by atoms with Crippen molar-refractivity contribution < 1.29 is 9.53 Å². The van der Waals surface area contributed by atoms with Gasteiger partial charge in [0.25, 0.3) is 5.56 Å². The van der Waals surface area contributed by atoms with E-state index in [1.165, 1.54) is 32.4 Å². The van der Waals surface area contributed by atoms with E-state index in [4.69, 9.17) is 4.74 Å². The molecule has 7 heteroatoms. The Morgan fingerprint density at radius 1 is 0.878 bits per heavy atom. The standard InChI is InChI=1S/C34H38N4O3/c1-24-9-8-12-31-35-33(25(2)34(40)38(24)31)41-23-26-13-15-27(16-14-26)32(39)29-10-4-5-11-30(29)37-21-17-28(18-22-37)36-19-6-3-7-20-36/h4-5,8-16,28H,3,6-7,17-23H2,1-2H3. The van der Waals surface area contributed by atoms with Crippen molar-refractivity contribution in [1.82, 2.24) is 14.3 Å². The molecule has 2 aromatic heterocycles. The SMILES string of the molecule is Cc1c(OCc2ccc(C(=O)c3ccccc3N3CCC(N4CCCCC4)CC3)cc2)nc2cccc(C)n2c1=O. The Kier molecular flexibility index (Phi) is 7.88. The number of pyridine rings is 1. The lowest BCUT2D eigenvalue weighted by Crippen LogP contribution is -2.47. The molecule has 41 heavy (non-hydrogen) atoms. The molecule has 212 valence electrons. The average molecular weight is 551 g/mol. The summed E-state index contributed by atoms with van der Waals surface area (Å²) in [5.41, 5.74) is 5.07. The number of piperidine rings is 2. The van der Waals surface area contributed by atoms with E-state index < -0.39 is 0 Å². The second-order valence-electron chi connectivity index (χ2n) is 11.4. The number of benzene rings is 2. The molecule has 0 unspecified atom stereocenters. The number of carbonyl (C=O) groups is 1. The average Bonchev–Trinajstić information content (AvgIpc) is 3.02. The number of likely N-dealkylation sites (tertiary alicyclic amines) is 1. The topological polar surface area (TPSA) is 67.2 Å². The molecule has 2 aliphatic rings. The van der Waals surface area contributed by atoms with E-state index in [-0.39, 0.29) is 17.9 Å². The van der Waals surface area contributed by atoms with Crippen LogP contribution in [-0.4, -0.2) is 52.3 Å². The number of nitrogens with zero attached hydrogens (tertiary/aromatic N) is 4. The summed E-state index contributed by atoms with van der Waals surface area (Å²) in [7, 11) is 0. The maximum Gasteiger partial charge on any atom is 0.264 e. The van der Waals surface area contributed by atoms with Gasteiger partial charge in [-0.1, -0.05) is 48.9 Å². The van der Waals surface area contributed by atoms with Gasteiger partial charge in [-0.2, -0.15) is 4.98 Å². The highest BCUT2D eigenvalue weighted by atomic mass is 16.5. The number of aryl methyl sites for hydroxylation is 1. The van der Waals surface area contributed by atoms with Crippen molar-refractivity contribution in [2.24, 2.45) is 0 Å². The quantitative estimate of drug-likeness (QED) is 0.280. The Hall–Kier alpha value is -3.97. The minimum absolute atomic E-state index is 0.0293. The molecule has 2 aliphatic heterocycles. The summed E-state index contributed by atoms with van der Waals surface area (Å²) < 4.78 is 7.56. The first kappa shape index (κ1) is 27.2. The van der Waals surface area contributed by atoms with Crippen LogP contribution in [-0.2, 0) is 6.61 Å². The minimum atomic E-state index is -0.126. The number of carbonyl (C=O) groups excluding carboxylic acids is 1. The Morgan fingerprint density at radius 3 is 2.37 bits per heavy atom. The summed E-state index contributed by atoms with van der Waals surface area (Å²) in [6.45, 7) is 8.30. The number of ether oxygens (including phenoxy) is 1. The van der Waals surface area contributed by atoms with Crippen LogP contribution in [0.15, 0.2) is 71.5 Å². The molecule has 7 nitrogen and oxygen atoms in total. The van der Waals surface area contributed by atoms with Crippen molar-refractivity contribution in [3.05, 3.63) is 105 Å². The number of rotatable bonds is 7.